The minimum Gasteiger partial charge on any atom is -0.322 e. The Bertz CT molecular complexity index is 639. The third-order valence-corrected chi connectivity index (χ3v) is 4.70. The van der Waals surface area contributed by atoms with Crippen molar-refractivity contribution in [1.29, 1.82) is 0 Å². The number of amides is 1. The second-order valence-corrected chi connectivity index (χ2v) is 6.49. The molecule has 122 valence electrons. The molecule has 0 unspecified atom stereocenters. The van der Waals surface area contributed by atoms with Gasteiger partial charge in [-0.1, -0.05) is 12.1 Å². The van der Waals surface area contributed by atoms with Gasteiger partial charge in [-0.2, -0.15) is 11.3 Å². The van der Waals surface area contributed by atoms with Crippen LogP contribution >= 0.6 is 11.3 Å². The van der Waals surface area contributed by atoms with E-state index in [1.807, 2.05) is 0 Å². The second kappa shape index (κ2) is 7.68. The van der Waals surface area contributed by atoms with E-state index in [0.29, 0.717) is 6.54 Å². The van der Waals surface area contributed by atoms with Crippen molar-refractivity contribution < 1.29 is 9.18 Å². The number of piperazine rings is 1. The Balaban J connectivity index is 1.43. The van der Waals surface area contributed by atoms with Gasteiger partial charge in [-0.3, -0.25) is 14.6 Å². The molecule has 23 heavy (non-hydrogen) atoms. The highest BCUT2D eigenvalue weighted by atomic mass is 32.1. The minimum atomic E-state index is -0.401. The summed E-state index contributed by atoms with van der Waals surface area (Å²) in [5.74, 6) is -0.567. The van der Waals surface area contributed by atoms with Crippen molar-refractivity contribution in [2.24, 2.45) is 0 Å². The zero-order valence-electron chi connectivity index (χ0n) is 12.9. The van der Waals surface area contributed by atoms with Gasteiger partial charge in [0.15, 0.2) is 0 Å². The highest BCUT2D eigenvalue weighted by molar-refractivity contribution is 7.07. The molecule has 1 fully saturated rings. The smallest absolute Gasteiger partial charge is 0.238 e. The van der Waals surface area contributed by atoms with Gasteiger partial charge in [0.1, 0.15) is 5.82 Å². The molecule has 0 aliphatic carbocycles. The topological polar surface area (TPSA) is 35.6 Å². The molecule has 0 bridgehead atoms. The zero-order valence-corrected chi connectivity index (χ0v) is 13.7. The number of anilines is 1. The molecule has 1 saturated heterocycles. The number of rotatable bonds is 5. The van der Waals surface area contributed by atoms with Gasteiger partial charge in [-0.15, -0.1) is 0 Å². The van der Waals surface area contributed by atoms with Crippen LogP contribution < -0.4 is 5.32 Å². The fraction of sp³-hybridized carbons (Fsp3) is 0.353. The standard InChI is InChI=1S/C17H20FN3OS/c18-15-3-1-2-4-16(15)19-17(22)12-21-8-6-20(7-9-21)11-14-5-10-23-13-14/h1-5,10,13H,6-9,11-12H2,(H,19,22). The molecule has 1 N–H and O–H groups in total. The van der Waals surface area contributed by atoms with E-state index in [-0.39, 0.29) is 11.6 Å². The molecule has 2 aromatic rings. The Morgan fingerprint density at radius 2 is 1.87 bits per heavy atom. The fourth-order valence-electron chi connectivity index (χ4n) is 2.70. The largest absolute Gasteiger partial charge is 0.322 e. The van der Waals surface area contributed by atoms with Gasteiger partial charge in [0.25, 0.3) is 0 Å². The molecule has 1 amide bonds. The molecule has 1 aromatic carbocycles. The number of carbonyl (C=O) groups excluding carboxylic acids is 1. The van der Waals surface area contributed by atoms with Crippen LogP contribution in [0.5, 0.6) is 0 Å². The summed E-state index contributed by atoms with van der Waals surface area (Å²) in [5, 5.41) is 6.91. The van der Waals surface area contributed by atoms with Gasteiger partial charge in [0.05, 0.1) is 12.2 Å². The number of hydrogen-bond acceptors (Lipinski definition) is 4. The van der Waals surface area contributed by atoms with E-state index in [2.05, 4.69) is 31.9 Å². The number of hydrogen-bond donors (Lipinski definition) is 1. The van der Waals surface area contributed by atoms with Crippen LogP contribution in [0.2, 0.25) is 0 Å². The number of nitrogens with zero attached hydrogens (tertiary/aromatic N) is 2. The number of carbonyl (C=O) groups is 1. The van der Waals surface area contributed by atoms with Crippen molar-refractivity contribution in [2.75, 3.05) is 38.0 Å². The van der Waals surface area contributed by atoms with Gasteiger partial charge in [-0.05, 0) is 34.5 Å². The molecular weight excluding hydrogens is 313 g/mol. The molecular formula is C17H20FN3OS. The summed E-state index contributed by atoms with van der Waals surface area (Å²) in [6.45, 7) is 4.88. The molecule has 6 heteroatoms. The van der Waals surface area contributed by atoms with Crippen LogP contribution in [-0.4, -0.2) is 48.4 Å². The molecule has 2 heterocycles. The molecule has 1 aromatic heterocycles. The van der Waals surface area contributed by atoms with Crippen LogP contribution in [0, 0.1) is 5.82 Å². The average molecular weight is 333 g/mol. The Hall–Kier alpha value is -1.76. The Labute approximate surface area is 139 Å². The van der Waals surface area contributed by atoms with Crippen molar-refractivity contribution in [3.8, 4) is 0 Å². The van der Waals surface area contributed by atoms with Gasteiger partial charge in [0.2, 0.25) is 5.91 Å². The first kappa shape index (κ1) is 16.1. The predicted molar refractivity (Wildman–Crippen MR) is 91.1 cm³/mol. The minimum absolute atomic E-state index is 0.165. The quantitative estimate of drug-likeness (QED) is 0.914. The highest BCUT2D eigenvalue weighted by Crippen LogP contribution is 2.13. The fourth-order valence-corrected chi connectivity index (χ4v) is 3.36. The lowest BCUT2D eigenvalue weighted by atomic mass is 10.2. The maximum Gasteiger partial charge on any atom is 0.238 e. The number of benzene rings is 1. The maximum atomic E-state index is 13.5. The van der Waals surface area contributed by atoms with Crippen LogP contribution in [0.4, 0.5) is 10.1 Å². The molecule has 3 rings (SSSR count). The van der Waals surface area contributed by atoms with Gasteiger partial charge in [-0.25, -0.2) is 4.39 Å². The Morgan fingerprint density at radius 1 is 1.13 bits per heavy atom. The van der Waals surface area contributed by atoms with Crippen molar-refractivity contribution in [1.82, 2.24) is 9.80 Å². The third-order valence-electron chi connectivity index (χ3n) is 3.97. The van der Waals surface area contributed by atoms with Crippen LogP contribution in [0.25, 0.3) is 0 Å². The van der Waals surface area contributed by atoms with Crippen molar-refractivity contribution in [3.63, 3.8) is 0 Å². The van der Waals surface area contributed by atoms with Crippen molar-refractivity contribution in [3.05, 3.63) is 52.5 Å². The number of halogens is 1. The first-order valence-corrected chi connectivity index (χ1v) is 8.65. The molecule has 0 spiro atoms. The molecule has 4 nitrogen and oxygen atoms in total. The van der Waals surface area contributed by atoms with Gasteiger partial charge in [0, 0.05) is 32.7 Å². The summed E-state index contributed by atoms with van der Waals surface area (Å²) in [6, 6.07) is 8.39. The predicted octanol–water partition coefficient (Wildman–Crippen LogP) is 2.64. The second-order valence-electron chi connectivity index (χ2n) is 5.71. The van der Waals surface area contributed by atoms with Gasteiger partial charge >= 0.3 is 0 Å². The lowest BCUT2D eigenvalue weighted by Gasteiger charge is -2.34. The van der Waals surface area contributed by atoms with Crippen LogP contribution in [0.3, 0.4) is 0 Å². The highest BCUT2D eigenvalue weighted by Gasteiger charge is 2.19. The van der Waals surface area contributed by atoms with Crippen LogP contribution in [-0.2, 0) is 11.3 Å². The summed E-state index contributed by atoms with van der Waals surface area (Å²) < 4.78 is 13.5. The van der Waals surface area contributed by atoms with Crippen LogP contribution in [0.15, 0.2) is 41.1 Å². The third kappa shape index (κ3) is 4.60. The summed E-state index contributed by atoms with van der Waals surface area (Å²) >= 11 is 1.72. The number of nitrogens with one attached hydrogen (secondary N) is 1. The van der Waals surface area contributed by atoms with E-state index in [0.717, 1.165) is 32.7 Å². The monoisotopic (exact) mass is 333 g/mol. The van der Waals surface area contributed by atoms with Gasteiger partial charge < -0.3 is 5.32 Å². The summed E-state index contributed by atoms with van der Waals surface area (Å²) in [6.07, 6.45) is 0. The molecule has 0 atom stereocenters. The molecule has 0 radical (unpaired) electrons. The SMILES string of the molecule is O=C(CN1CCN(Cc2ccsc2)CC1)Nc1ccccc1F. The number of thiophene rings is 1. The van der Waals surface area contributed by atoms with E-state index >= 15 is 0 Å². The van der Waals surface area contributed by atoms with Crippen LogP contribution in [0.1, 0.15) is 5.56 Å². The molecule has 0 saturated carbocycles. The first-order valence-electron chi connectivity index (χ1n) is 7.71. The van der Waals surface area contributed by atoms with Crippen molar-refractivity contribution >= 4 is 22.9 Å². The lowest BCUT2D eigenvalue weighted by Crippen LogP contribution is -2.48. The number of para-hydroxylation sites is 1. The molecule has 1 aliphatic heterocycles. The Kier molecular flexibility index (Phi) is 5.38. The van der Waals surface area contributed by atoms with E-state index < -0.39 is 5.82 Å². The van der Waals surface area contributed by atoms with Crippen molar-refractivity contribution in [2.45, 2.75) is 6.54 Å². The Morgan fingerprint density at radius 3 is 2.57 bits per heavy atom. The molecule has 1 aliphatic rings. The van der Waals surface area contributed by atoms with E-state index in [1.165, 1.54) is 11.6 Å². The summed E-state index contributed by atoms with van der Waals surface area (Å²) in [5.41, 5.74) is 1.59. The van der Waals surface area contributed by atoms with E-state index in [4.69, 9.17) is 0 Å². The maximum absolute atomic E-state index is 13.5. The normalized spacial score (nSPS) is 16.4. The first-order chi connectivity index (χ1) is 11.2. The summed E-state index contributed by atoms with van der Waals surface area (Å²) in [4.78, 5) is 16.5. The summed E-state index contributed by atoms with van der Waals surface area (Å²) in [7, 11) is 0. The average Bonchev–Trinajstić information content (AvgIpc) is 3.04. The zero-order chi connectivity index (χ0) is 16.1. The van der Waals surface area contributed by atoms with E-state index in [1.54, 1.807) is 29.5 Å². The van der Waals surface area contributed by atoms with E-state index in [9.17, 15) is 9.18 Å². The lowest BCUT2D eigenvalue weighted by molar-refractivity contribution is -0.117.